The van der Waals surface area contributed by atoms with E-state index >= 15 is 0 Å². The fourth-order valence-electron chi connectivity index (χ4n) is 1.70. The Morgan fingerprint density at radius 1 is 1.41 bits per heavy atom. The molecule has 1 amide bonds. The summed E-state index contributed by atoms with van der Waals surface area (Å²) in [6.07, 6.45) is 0.303. The van der Waals surface area contributed by atoms with E-state index in [1.807, 2.05) is 31.2 Å². The normalized spacial score (nSPS) is 10.1. The second-order valence-corrected chi connectivity index (χ2v) is 3.69. The minimum absolute atomic E-state index is 0.00560. The number of likely N-dealkylation sites (N-methyl/N-ethyl adjacent to an activating group) is 1. The average Bonchev–Trinajstić information content (AvgIpc) is 2.36. The van der Waals surface area contributed by atoms with Gasteiger partial charge in [0.1, 0.15) is 5.75 Å². The maximum atomic E-state index is 12.0. The van der Waals surface area contributed by atoms with Crippen LogP contribution in [0, 0.1) is 0 Å². The Labute approximate surface area is 102 Å². The van der Waals surface area contributed by atoms with Gasteiger partial charge in [-0.1, -0.05) is 18.2 Å². The van der Waals surface area contributed by atoms with Gasteiger partial charge in [0.2, 0.25) is 5.91 Å². The number of hydrogen-bond donors (Lipinski definition) is 1. The number of aliphatic hydroxyl groups excluding tert-OH is 1. The summed E-state index contributed by atoms with van der Waals surface area (Å²) in [6, 6.07) is 7.47. The van der Waals surface area contributed by atoms with Gasteiger partial charge in [0.05, 0.1) is 20.1 Å². The van der Waals surface area contributed by atoms with Gasteiger partial charge >= 0.3 is 0 Å². The lowest BCUT2D eigenvalue weighted by molar-refractivity contribution is -0.130. The predicted molar refractivity (Wildman–Crippen MR) is 66.0 cm³/mol. The molecule has 0 unspecified atom stereocenters. The van der Waals surface area contributed by atoms with Gasteiger partial charge in [-0.15, -0.1) is 0 Å². The molecule has 0 atom stereocenters. The zero-order valence-electron chi connectivity index (χ0n) is 10.3. The van der Waals surface area contributed by atoms with E-state index in [4.69, 9.17) is 9.84 Å². The van der Waals surface area contributed by atoms with Gasteiger partial charge < -0.3 is 14.7 Å². The minimum Gasteiger partial charge on any atom is -0.496 e. The molecule has 0 fully saturated rings. The van der Waals surface area contributed by atoms with Crippen molar-refractivity contribution in [3.63, 3.8) is 0 Å². The summed E-state index contributed by atoms with van der Waals surface area (Å²) >= 11 is 0. The molecule has 94 valence electrons. The van der Waals surface area contributed by atoms with Crippen LogP contribution in [0.15, 0.2) is 24.3 Å². The predicted octanol–water partition coefficient (Wildman–Crippen LogP) is 1.08. The highest BCUT2D eigenvalue weighted by Gasteiger charge is 2.13. The molecule has 0 saturated heterocycles. The van der Waals surface area contributed by atoms with Crippen molar-refractivity contribution in [2.75, 3.05) is 26.8 Å². The van der Waals surface area contributed by atoms with Crippen LogP contribution < -0.4 is 4.74 Å². The molecule has 0 aliphatic rings. The third-order valence-electron chi connectivity index (χ3n) is 2.64. The molecule has 17 heavy (non-hydrogen) atoms. The number of carbonyl (C=O) groups excluding carboxylic acids is 1. The van der Waals surface area contributed by atoms with E-state index in [-0.39, 0.29) is 12.5 Å². The van der Waals surface area contributed by atoms with Crippen LogP contribution in [-0.4, -0.2) is 42.7 Å². The van der Waals surface area contributed by atoms with Gasteiger partial charge in [0.25, 0.3) is 0 Å². The number of rotatable bonds is 6. The fraction of sp³-hybridized carbons (Fsp3) is 0.462. The Morgan fingerprint density at radius 3 is 2.71 bits per heavy atom. The molecule has 1 aromatic carbocycles. The smallest absolute Gasteiger partial charge is 0.227 e. The van der Waals surface area contributed by atoms with Crippen LogP contribution in [0.5, 0.6) is 5.75 Å². The van der Waals surface area contributed by atoms with Crippen molar-refractivity contribution >= 4 is 5.91 Å². The van der Waals surface area contributed by atoms with Gasteiger partial charge in [-0.25, -0.2) is 0 Å². The minimum atomic E-state index is -0.00843. The van der Waals surface area contributed by atoms with Gasteiger partial charge in [0.15, 0.2) is 0 Å². The van der Waals surface area contributed by atoms with Gasteiger partial charge in [-0.05, 0) is 13.0 Å². The highest BCUT2D eigenvalue weighted by Crippen LogP contribution is 2.18. The van der Waals surface area contributed by atoms with Crippen LogP contribution in [-0.2, 0) is 11.2 Å². The first kappa shape index (κ1) is 13.5. The highest BCUT2D eigenvalue weighted by molar-refractivity contribution is 5.79. The molecule has 4 heteroatoms. The number of methoxy groups -OCH3 is 1. The van der Waals surface area contributed by atoms with Crippen LogP contribution in [0.1, 0.15) is 12.5 Å². The summed E-state index contributed by atoms with van der Waals surface area (Å²) in [5.41, 5.74) is 0.872. The molecular formula is C13H19NO3. The second kappa shape index (κ2) is 6.91. The highest BCUT2D eigenvalue weighted by atomic mass is 16.5. The summed E-state index contributed by atoms with van der Waals surface area (Å²) < 4.78 is 5.20. The van der Waals surface area contributed by atoms with Crippen molar-refractivity contribution in [1.82, 2.24) is 4.90 Å². The summed E-state index contributed by atoms with van der Waals surface area (Å²) in [5.74, 6) is 0.729. The number of amides is 1. The van der Waals surface area contributed by atoms with Crippen LogP contribution in [0.2, 0.25) is 0 Å². The van der Waals surface area contributed by atoms with E-state index in [1.165, 1.54) is 0 Å². The third kappa shape index (κ3) is 3.75. The number of nitrogens with zero attached hydrogens (tertiary/aromatic N) is 1. The van der Waals surface area contributed by atoms with E-state index in [2.05, 4.69) is 0 Å². The van der Waals surface area contributed by atoms with E-state index in [0.717, 1.165) is 11.3 Å². The number of hydrogen-bond acceptors (Lipinski definition) is 3. The molecule has 4 nitrogen and oxygen atoms in total. The first-order chi connectivity index (χ1) is 8.22. The number of para-hydroxylation sites is 1. The fourth-order valence-corrected chi connectivity index (χ4v) is 1.70. The lowest BCUT2D eigenvalue weighted by atomic mass is 10.1. The van der Waals surface area contributed by atoms with Crippen LogP contribution >= 0.6 is 0 Å². The van der Waals surface area contributed by atoms with Crippen LogP contribution in [0.4, 0.5) is 0 Å². The third-order valence-corrected chi connectivity index (χ3v) is 2.64. The lowest BCUT2D eigenvalue weighted by Crippen LogP contribution is -2.34. The lowest BCUT2D eigenvalue weighted by Gasteiger charge is -2.20. The van der Waals surface area contributed by atoms with E-state index < -0.39 is 0 Å². The maximum absolute atomic E-state index is 12.0. The quantitative estimate of drug-likeness (QED) is 0.805. The largest absolute Gasteiger partial charge is 0.496 e. The van der Waals surface area contributed by atoms with Crippen molar-refractivity contribution in [2.45, 2.75) is 13.3 Å². The van der Waals surface area contributed by atoms with Crippen molar-refractivity contribution in [1.29, 1.82) is 0 Å². The standard InChI is InChI=1S/C13H19NO3/c1-3-14(8-9-15)13(16)10-11-6-4-5-7-12(11)17-2/h4-7,15H,3,8-10H2,1-2H3. The number of ether oxygens (including phenoxy) is 1. The topological polar surface area (TPSA) is 49.8 Å². The van der Waals surface area contributed by atoms with Gasteiger partial charge in [-0.2, -0.15) is 0 Å². The molecular weight excluding hydrogens is 218 g/mol. The summed E-state index contributed by atoms with van der Waals surface area (Å²) in [5, 5.41) is 8.86. The first-order valence-electron chi connectivity index (χ1n) is 5.73. The van der Waals surface area contributed by atoms with E-state index in [0.29, 0.717) is 19.5 Å². The van der Waals surface area contributed by atoms with E-state index in [9.17, 15) is 4.79 Å². The molecule has 0 bridgehead atoms. The Balaban J connectivity index is 2.72. The van der Waals surface area contributed by atoms with Crippen molar-refractivity contribution < 1.29 is 14.6 Å². The molecule has 1 aromatic rings. The monoisotopic (exact) mass is 237 g/mol. The second-order valence-electron chi connectivity index (χ2n) is 3.69. The summed E-state index contributed by atoms with van der Waals surface area (Å²) in [6.45, 7) is 2.88. The molecule has 0 aliphatic heterocycles. The van der Waals surface area contributed by atoms with Crippen molar-refractivity contribution in [3.8, 4) is 5.75 Å². The summed E-state index contributed by atoms with van der Waals surface area (Å²) in [7, 11) is 1.59. The molecule has 0 radical (unpaired) electrons. The van der Waals surface area contributed by atoms with E-state index in [1.54, 1.807) is 12.0 Å². The van der Waals surface area contributed by atoms with Crippen molar-refractivity contribution in [3.05, 3.63) is 29.8 Å². The Kier molecular flexibility index (Phi) is 5.49. The zero-order valence-corrected chi connectivity index (χ0v) is 10.3. The number of carbonyl (C=O) groups is 1. The first-order valence-corrected chi connectivity index (χ1v) is 5.73. The van der Waals surface area contributed by atoms with Crippen LogP contribution in [0.3, 0.4) is 0 Å². The Hall–Kier alpha value is -1.55. The summed E-state index contributed by atoms with van der Waals surface area (Å²) in [4.78, 5) is 13.6. The Morgan fingerprint density at radius 2 is 2.12 bits per heavy atom. The zero-order chi connectivity index (χ0) is 12.7. The van der Waals surface area contributed by atoms with Crippen molar-refractivity contribution in [2.24, 2.45) is 0 Å². The molecule has 0 spiro atoms. The van der Waals surface area contributed by atoms with Crippen LogP contribution in [0.25, 0.3) is 0 Å². The molecule has 0 saturated carbocycles. The number of benzene rings is 1. The molecule has 1 N–H and O–H groups in total. The molecule has 0 aromatic heterocycles. The molecule has 0 aliphatic carbocycles. The average molecular weight is 237 g/mol. The van der Waals surface area contributed by atoms with Gasteiger partial charge in [0, 0.05) is 18.7 Å². The maximum Gasteiger partial charge on any atom is 0.227 e. The Bertz CT molecular complexity index is 365. The number of aliphatic hydroxyl groups is 1. The molecule has 0 heterocycles. The molecule has 1 rings (SSSR count). The SMILES string of the molecule is CCN(CCO)C(=O)Cc1ccccc1OC. The van der Waals surface area contributed by atoms with Gasteiger partial charge in [-0.3, -0.25) is 4.79 Å².